The fraction of sp³-hybridized carbons (Fsp3) is 0.500. The fourth-order valence-corrected chi connectivity index (χ4v) is 0. The van der Waals surface area contributed by atoms with Crippen LogP contribution in [0.1, 0.15) is 6.92 Å². The minimum atomic E-state index is -1.16. The molecule has 0 rings (SSSR count). The summed E-state index contributed by atoms with van der Waals surface area (Å²) in [7, 11) is 0. The maximum atomic E-state index is 9.16. The predicted octanol–water partition coefficient (Wildman–Crippen LogP) is -2.54. The molecule has 0 aromatic rings. The van der Waals surface area contributed by atoms with Crippen LogP contribution in [-0.4, -0.2) is 11.9 Å². The molecule has 0 heterocycles. The van der Waals surface area contributed by atoms with E-state index in [9.17, 15) is 0 Å². The van der Waals surface area contributed by atoms with Crippen LogP contribution in [0.3, 0.4) is 0 Å². The summed E-state index contributed by atoms with van der Waals surface area (Å²) in [5.41, 5.74) is 0. The van der Waals surface area contributed by atoms with Gasteiger partial charge in [-0.05, 0) is 6.92 Å². The molecule has 0 aromatic heterocycles. The molecule has 0 atom stereocenters. The third kappa shape index (κ3) is 101. The van der Waals surface area contributed by atoms with Gasteiger partial charge in [-0.15, -0.1) is 0 Å². The van der Waals surface area contributed by atoms with E-state index < -0.39 is 11.9 Å². The molecular formula is C4H5MnNiO4. The van der Waals surface area contributed by atoms with E-state index in [1.54, 1.807) is 0 Å². The van der Waals surface area contributed by atoms with Gasteiger partial charge in [-0.3, -0.25) is 0 Å². The van der Waals surface area contributed by atoms with E-state index in [-0.39, 0.29) is 22.5 Å². The molecule has 0 aliphatic rings. The monoisotopic (exact) mass is 230 g/mol. The first-order valence-electron chi connectivity index (χ1n) is 1.89. The SMILES string of the molecule is CC(=O)[O-].O=C([O-])[CH2][Ni].[Mn+2]. The molecule has 0 N–H and O–H groups in total. The molecule has 0 unspecified atom stereocenters. The van der Waals surface area contributed by atoms with Crippen molar-refractivity contribution >= 4 is 11.9 Å². The molecule has 0 fully saturated rings. The zero-order chi connectivity index (χ0) is 7.86. The summed E-state index contributed by atoms with van der Waals surface area (Å²) >= 11 is 3.77. The maximum absolute atomic E-state index is 9.16. The number of carbonyl (C=O) groups is 2. The first kappa shape index (κ1) is 16.5. The van der Waals surface area contributed by atoms with Crippen molar-refractivity contribution in [1.29, 1.82) is 0 Å². The Hall–Kier alpha value is -0.0470. The van der Waals surface area contributed by atoms with Crippen molar-refractivity contribution in [3.05, 3.63) is 0 Å². The minimum Gasteiger partial charge on any atom is 2.00 e. The minimum absolute atomic E-state index is 0. The summed E-state index contributed by atoms with van der Waals surface area (Å²) in [6.07, 6.45) is 0. The zero-order valence-electron chi connectivity index (χ0n) is 5.03. The molecule has 1 radical (unpaired) electrons. The Balaban J connectivity index is -0.0000000910. The summed E-state index contributed by atoms with van der Waals surface area (Å²) in [5.74, 6) is -2.25. The van der Waals surface area contributed by atoms with Crippen molar-refractivity contribution in [3.8, 4) is 0 Å². The van der Waals surface area contributed by atoms with Crippen LogP contribution in [0.5, 0.6) is 0 Å². The van der Waals surface area contributed by atoms with Crippen LogP contribution in [0.25, 0.3) is 0 Å². The van der Waals surface area contributed by atoms with Gasteiger partial charge in [-0.1, -0.05) is 0 Å². The summed E-state index contributed by atoms with van der Waals surface area (Å²) in [6, 6.07) is 0. The van der Waals surface area contributed by atoms with Crippen molar-refractivity contribution < 1.29 is 52.3 Å². The number of rotatable bonds is 1. The Labute approximate surface area is 76.8 Å². The predicted molar refractivity (Wildman–Crippen MR) is 20.5 cm³/mol. The van der Waals surface area contributed by atoms with Crippen molar-refractivity contribution in [3.63, 3.8) is 0 Å². The molecular weight excluding hydrogens is 226 g/mol. The summed E-state index contributed by atoms with van der Waals surface area (Å²) in [5, 5.41) is 17.8. The van der Waals surface area contributed by atoms with Gasteiger partial charge in [0.2, 0.25) is 0 Å². The molecule has 0 bridgehead atoms. The molecule has 0 aliphatic heterocycles. The first-order valence-corrected chi connectivity index (χ1v) is 2.59. The maximum Gasteiger partial charge on any atom is 2.00 e. The van der Waals surface area contributed by atoms with Crippen LogP contribution in [0.4, 0.5) is 0 Å². The standard InChI is InChI=1S/C2H4O2.C2H3O2.Mn.Ni/c2*1-2(3)4;;/h1H3,(H,3,4);1H2,(H,3,4);;/q;;+2;/p-2. The van der Waals surface area contributed by atoms with Gasteiger partial charge in [0.1, 0.15) is 0 Å². The van der Waals surface area contributed by atoms with Gasteiger partial charge in [-0.2, -0.15) is 0 Å². The van der Waals surface area contributed by atoms with Crippen LogP contribution in [0, 0.1) is 0 Å². The Morgan fingerprint density at radius 3 is 1.50 bits per heavy atom. The summed E-state index contributed by atoms with van der Waals surface area (Å²) in [6.45, 7) is 0.972. The average molecular weight is 231 g/mol. The zero-order valence-corrected chi connectivity index (χ0v) is 7.20. The molecule has 0 saturated carbocycles. The quantitative estimate of drug-likeness (QED) is 0.465. The Morgan fingerprint density at radius 1 is 1.40 bits per heavy atom. The molecule has 0 saturated heterocycles. The van der Waals surface area contributed by atoms with E-state index >= 15 is 0 Å². The van der Waals surface area contributed by atoms with E-state index in [1.807, 2.05) is 0 Å². The second kappa shape index (κ2) is 11.7. The molecule has 6 heteroatoms. The van der Waals surface area contributed by atoms with Crippen LogP contribution >= 0.6 is 0 Å². The van der Waals surface area contributed by atoms with E-state index in [0.717, 1.165) is 6.92 Å². The average Bonchev–Trinajstić information content (AvgIpc) is 1.65. The molecule has 0 amide bonds. The molecule has 0 aromatic carbocycles. The number of hydrogen-bond donors (Lipinski definition) is 0. The van der Waals surface area contributed by atoms with E-state index in [1.165, 1.54) is 0 Å². The second-order valence-electron chi connectivity index (χ2n) is 0.975. The van der Waals surface area contributed by atoms with Gasteiger partial charge in [0.05, 0.1) is 0 Å². The molecule has 0 aliphatic carbocycles. The number of carbonyl (C=O) groups excluding carboxylic acids is 2. The van der Waals surface area contributed by atoms with Crippen molar-refractivity contribution in [1.82, 2.24) is 0 Å². The summed E-state index contributed by atoms with van der Waals surface area (Å²) < 4.78 is 0. The molecule has 4 nitrogen and oxygen atoms in total. The molecule has 10 heavy (non-hydrogen) atoms. The summed E-state index contributed by atoms with van der Waals surface area (Å²) in [4.78, 5) is 18.1. The van der Waals surface area contributed by atoms with E-state index in [0.29, 0.717) is 0 Å². The topological polar surface area (TPSA) is 80.3 Å². The number of carboxylic acid groups (broad SMARTS) is 2. The molecule has 0 spiro atoms. The largest absolute Gasteiger partial charge is 2.00 e. The Kier molecular flexibility index (Phi) is 19.3. The van der Waals surface area contributed by atoms with Crippen LogP contribution in [0.2, 0.25) is 5.39 Å². The van der Waals surface area contributed by atoms with Crippen LogP contribution in [0.15, 0.2) is 0 Å². The van der Waals surface area contributed by atoms with Crippen molar-refractivity contribution in [2.24, 2.45) is 0 Å². The van der Waals surface area contributed by atoms with E-state index in [2.05, 4.69) is 15.5 Å². The Morgan fingerprint density at radius 2 is 1.50 bits per heavy atom. The van der Waals surface area contributed by atoms with Crippen LogP contribution < -0.4 is 10.2 Å². The van der Waals surface area contributed by atoms with Crippen molar-refractivity contribution in [2.45, 2.75) is 12.3 Å². The number of carboxylic acids is 2. The smallest absolute Gasteiger partial charge is 2.00 e. The number of aliphatic carboxylic acids is 2. The van der Waals surface area contributed by atoms with Crippen LogP contribution in [-0.2, 0) is 42.1 Å². The third-order valence-electron chi connectivity index (χ3n) is 0.0913. The molecule has 62 valence electrons. The van der Waals surface area contributed by atoms with Gasteiger partial charge in [-0.25, -0.2) is 0 Å². The second-order valence-corrected chi connectivity index (χ2v) is 1.32. The first-order chi connectivity index (χ1) is 4.00. The van der Waals surface area contributed by atoms with Gasteiger partial charge >= 0.3 is 53.8 Å². The van der Waals surface area contributed by atoms with Gasteiger partial charge in [0.15, 0.2) is 0 Å². The Bertz CT molecular complexity index is 101. The third-order valence-corrected chi connectivity index (χ3v) is 0.376. The van der Waals surface area contributed by atoms with Crippen molar-refractivity contribution in [2.75, 3.05) is 0 Å². The fourth-order valence-electron chi connectivity index (χ4n) is 0. The van der Waals surface area contributed by atoms with Gasteiger partial charge < -0.3 is 9.90 Å². The van der Waals surface area contributed by atoms with E-state index in [4.69, 9.17) is 19.8 Å². The van der Waals surface area contributed by atoms with Gasteiger partial charge in [0, 0.05) is 5.97 Å². The van der Waals surface area contributed by atoms with Gasteiger partial charge in [0.25, 0.3) is 0 Å². The normalized spacial score (nSPS) is 6.30. The number of hydrogen-bond acceptors (Lipinski definition) is 4.